The van der Waals surface area contributed by atoms with Crippen LogP contribution in [0.1, 0.15) is 57.4 Å². The van der Waals surface area contributed by atoms with Crippen LogP contribution in [0.3, 0.4) is 0 Å². The van der Waals surface area contributed by atoms with Gasteiger partial charge in [0.05, 0.1) is 12.5 Å². The number of benzene rings is 1. The second-order valence-corrected chi connectivity index (χ2v) is 8.17. The fourth-order valence-electron chi connectivity index (χ4n) is 4.47. The summed E-state index contributed by atoms with van der Waals surface area (Å²) in [5.41, 5.74) is 0.876. The summed E-state index contributed by atoms with van der Waals surface area (Å²) in [6.07, 6.45) is 4.64. The van der Waals surface area contributed by atoms with Crippen molar-refractivity contribution >= 4 is 17.9 Å². The molecule has 30 heavy (non-hydrogen) atoms. The molecule has 7 heteroatoms. The molecular formula is C23H32N2O5. The molecule has 3 unspecified atom stereocenters. The third-order valence-electron chi connectivity index (χ3n) is 6.11. The Hall–Kier alpha value is -2.25. The lowest BCUT2D eigenvalue weighted by molar-refractivity contribution is -0.162. The van der Waals surface area contributed by atoms with E-state index in [1.165, 1.54) is 6.42 Å². The van der Waals surface area contributed by atoms with Crippen LogP contribution >= 0.6 is 0 Å². The molecule has 2 N–H and O–H groups in total. The largest absolute Gasteiger partial charge is 0.466 e. The first-order valence-corrected chi connectivity index (χ1v) is 11.0. The molecule has 1 aliphatic carbocycles. The molecule has 1 saturated heterocycles. The second-order valence-electron chi connectivity index (χ2n) is 8.17. The van der Waals surface area contributed by atoms with E-state index in [1.54, 1.807) is 13.8 Å². The smallest absolute Gasteiger partial charge is 0.330 e. The van der Waals surface area contributed by atoms with E-state index in [0.717, 1.165) is 24.8 Å². The summed E-state index contributed by atoms with van der Waals surface area (Å²) in [5, 5.41) is 6.36. The van der Waals surface area contributed by atoms with Gasteiger partial charge in [0.2, 0.25) is 0 Å². The van der Waals surface area contributed by atoms with Crippen LogP contribution in [0.5, 0.6) is 0 Å². The summed E-state index contributed by atoms with van der Waals surface area (Å²) < 4.78 is 10.3. The van der Waals surface area contributed by atoms with Gasteiger partial charge in [-0.15, -0.1) is 0 Å². The Balaban J connectivity index is 1.45. The van der Waals surface area contributed by atoms with Crippen LogP contribution in [0.15, 0.2) is 30.3 Å². The molecule has 0 radical (unpaired) electrons. The van der Waals surface area contributed by atoms with Crippen LogP contribution in [0, 0.1) is 5.92 Å². The zero-order chi connectivity index (χ0) is 21.5. The zero-order valence-corrected chi connectivity index (χ0v) is 17.8. The molecule has 1 aromatic rings. The Morgan fingerprint density at radius 3 is 2.63 bits per heavy atom. The molecule has 7 nitrogen and oxygen atoms in total. The lowest BCUT2D eigenvalue weighted by Crippen LogP contribution is -2.42. The average molecular weight is 417 g/mol. The molecule has 1 aliphatic heterocycles. The van der Waals surface area contributed by atoms with Crippen molar-refractivity contribution in [3.63, 3.8) is 0 Å². The second kappa shape index (κ2) is 10.7. The maximum absolute atomic E-state index is 12.3. The predicted molar refractivity (Wildman–Crippen MR) is 112 cm³/mol. The summed E-state index contributed by atoms with van der Waals surface area (Å²) in [7, 11) is 0. The van der Waals surface area contributed by atoms with Crippen molar-refractivity contribution in [2.24, 2.45) is 5.92 Å². The lowest BCUT2D eigenvalue weighted by atomic mass is 9.95. The van der Waals surface area contributed by atoms with Gasteiger partial charge in [0, 0.05) is 6.04 Å². The van der Waals surface area contributed by atoms with Crippen molar-refractivity contribution in [2.75, 3.05) is 13.2 Å². The van der Waals surface area contributed by atoms with Crippen molar-refractivity contribution in [2.45, 2.75) is 70.0 Å². The van der Waals surface area contributed by atoms with Crippen molar-refractivity contribution < 1.29 is 23.9 Å². The number of carbonyl (C=O) groups excluding carboxylic acids is 3. The Kier molecular flexibility index (Phi) is 7.99. The van der Waals surface area contributed by atoms with Gasteiger partial charge in [-0.2, -0.15) is 0 Å². The maximum atomic E-state index is 12.3. The van der Waals surface area contributed by atoms with Gasteiger partial charge in [-0.25, -0.2) is 9.59 Å². The molecule has 5 atom stereocenters. The van der Waals surface area contributed by atoms with Gasteiger partial charge >= 0.3 is 17.9 Å². The Bertz CT molecular complexity index is 726. The average Bonchev–Trinajstić information content (AvgIpc) is 3.34. The first-order chi connectivity index (χ1) is 14.5. The number of esters is 3. The molecule has 2 aliphatic rings. The van der Waals surface area contributed by atoms with Crippen molar-refractivity contribution in [3.05, 3.63) is 35.9 Å². The van der Waals surface area contributed by atoms with Crippen molar-refractivity contribution in [1.82, 2.24) is 10.6 Å². The van der Waals surface area contributed by atoms with Gasteiger partial charge in [-0.3, -0.25) is 4.79 Å². The minimum Gasteiger partial charge on any atom is -0.466 e. The van der Waals surface area contributed by atoms with E-state index >= 15 is 0 Å². The fraction of sp³-hybridized carbons (Fsp3) is 0.609. The molecule has 1 heterocycles. The molecule has 3 rings (SSSR count). The fourth-order valence-corrected chi connectivity index (χ4v) is 4.47. The highest BCUT2D eigenvalue weighted by Gasteiger charge is 2.41. The third kappa shape index (κ3) is 5.67. The van der Waals surface area contributed by atoms with Gasteiger partial charge in [0.1, 0.15) is 12.1 Å². The molecule has 0 aromatic heterocycles. The van der Waals surface area contributed by atoms with Gasteiger partial charge < -0.3 is 20.1 Å². The zero-order valence-electron chi connectivity index (χ0n) is 17.8. The van der Waals surface area contributed by atoms with E-state index in [2.05, 4.69) is 10.6 Å². The van der Waals surface area contributed by atoms with E-state index < -0.39 is 23.9 Å². The first-order valence-electron chi connectivity index (χ1n) is 11.0. The number of hydrogen-bond acceptors (Lipinski definition) is 7. The number of hydrogen-bond donors (Lipinski definition) is 2. The molecule has 0 bridgehead atoms. The topological polar surface area (TPSA) is 93.7 Å². The highest BCUT2D eigenvalue weighted by Crippen LogP contribution is 2.34. The number of rotatable bonds is 9. The third-order valence-corrected chi connectivity index (χ3v) is 6.11. The number of nitrogens with one attached hydrogen (secondary N) is 2. The first kappa shape index (κ1) is 22.4. The highest BCUT2D eigenvalue weighted by atomic mass is 16.6. The quantitative estimate of drug-likeness (QED) is 0.471. The van der Waals surface area contributed by atoms with Crippen LogP contribution in [0.2, 0.25) is 0 Å². The summed E-state index contributed by atoms with van der Waals surface area (Å²) >= 11 is 0. The summed E-state index contributed by atoms with van der Waals surface area (Å²) in [6, 6.07) is 8.79. The molecule has 0 spiro atoms. The minimum atomic E-state index is -0.645. The molecular weight excluding hydrogens is 384 g/mol. The van der Waals surface area contributed by atoms with Gasteiger partial charge in [-0.1, -0.05) is 36.8 Å². The van der Waals surface area contributed by atoms with Crippen molar-refractivity contribution in [3.8, 4) is 0 Å². The van der Waals surface area contributed by atoms with E-state index in [0.29, 0.717) is 31.5 Å². The monoisotopic (exact) mass is 416 g/mol. The van der Waals surface area contributed by atoms with E-state index in [-0.39, 0.29) is 12.0 Å². The molecule has 1 aromatic carbocycles. The normalized spacial score (nSPS) is 24.7. The molecule has 1 saturated carbocycles. The number of fused-ring (bicyclic) bond motifs is 1. The molecule has 0 amide bonds. The summed E-state index contributed by atoms with van der Waals surface area (Å²) in [6.45, 7) is 4.17. The van der Waals surface area contributed by atoms with E-state index in [4.69, 9.17) is 9.47 Å². The Morgan fingerprint density at radius 2 is 1.93 bits per heavy atom. The van der Waals surface area contributed by atoms with Crippen LogP contribution in [-0.2, 0) is 23.9 Å². The Morgan fingerprint density at radius 1 is 1.17 bits per heavy atom. The summed E-state index contributed by atoms with van der Waals surface area (Å²) in [5.74, 6) is -1.26. The predicted octanol–water partition coefficient (Wildman–Crippen LogP) is 2.30. The van der Waals surface area contributed by atoms with Gasteiger partial charge in [0.15, 0.2) is 0 Å². The molecule has 164 valence electrons. The van der Waals surface area contributed by atoms with E-state index in [9.17, 15) is 14.4 Å². The number of ether oxygens (including phenoxy) is 2. The van der Waals surface area contributed by atoms with Gasteiger partial charge in [-0.05, 0) is 57.6 Å². The van der Waals surface area contributed by atoms with Crippen molar-refractivity contribution in [1.29, 1.82) is 0 Å². The summed E-state index contributed by atoms with van der Waals surface area (Å²) in [4.78, 5) is 37.0. The lowest BCUT2D eigenvalue weighted by Gasteiger charge is -2.18. The standard InChI is InChI=1S/C23H32N2O5/c1-3-29-22(27)18(16-8-5-4-6-9-16)12-13-24-15(2)21(26)30-23(28)20-14-17-10-7-11-19(17)25-20/h4-6,8-9,15,17-20,24-25H,3,7,10-14H2,1-2H3/t15-,17?,18-,19?,20?/m0/s1. The minimum absolute atomic E-state index is 0.284. The highest BCUT2D eigenvalue weighted by molar-refractivity contribution is 5.90. The number of carbonyl (C=O) groups is 3. The maximum Gasteiger partial charge on any atom is 0.330 e. The van der Waals surface area contributed by atoms with Crippen LogP contribution in [0.4, 0.5) is 0 Å². The van der Waals surface area contributed by atoms with Gasteiger partial charge in [0.25, 0.3) is 0 Å². The van der Waals surface area contributed by atoms with Crippen LogP contribution in [-0.4, -0.2) is 49.2 Å². The van der Waals surface area contributed by atoms with Crippen LogP contribution < -0.4 is 10.6 Å². The van der Waals surface area contributed by atoms with Crippen LogP contribution in [0.25, 0.3) is 0 Å². The SMILES string of the molecule is CCOC(=O)[C@@H](CCN[C@@H](C)C(=O)OC(=O)C1CC2CCCC2N1)c1ccccc1. The molecule has 2 fully saturated rings. The van der Waals surface area contributed by atoms with E-state index in [1.807, 2.05) is 30.3 Å². The Labute approximate surface area is 177 Å².